The van der Waals surface area contributed by atoms with Crippen LogP contribution in [0.2, 0.25) is 0 Å². The van der Waals surface area contributed by atoms with Gasteiger partial charge in [0.25, 0.3) is 0 Å². The summed E-state index contributed by atoms with van der Waals surface area (Å²) in [5.41, 5.74) is 2.61. The van der Waals surface area contributed by atoms with Crippen molar-refractivity contribution in [2.24, 2.45) is 0 Å². The van der Waals surface area contributed by atoms with Gasteiger partial charge in [-0.25, -0.2) is 0 Å². The summed E-state index contributed by atoms with van der Waals surface area (Å²) < 4.78 is 0. The van der Waals surface area contributed by atoms with Gasteiger partial charge in [-0.2, -0.15) is 20.9 Å². The van der Waals surface area contributed by atoms with Crippen LogP contribution in [0.4, 0.5) is 0 Å². The Morgan fingerprint density at radius 3 is 0.871 bits per heavy atom. The molecule has 38 heteroatoms. The zero-order valence-electron chi connectivity index (χ0n) is 35.1. The number of aromatic nitrogens is 16. The second kappa shape index (κ2) is 43.4. The molecule has 0 spiro atoms. The molecule has 4 aromatic carbocycles. The molecule has 4 heterocycles. The second-order valence-corrected chi connectivity index (χ2v) is 10.3. The van der Waals surface area contributed by atoms with E-state index in [2.05, 4.69) is 82.5 Å². The number of rotatable bonds is 8. The van der Waals surface area contributed by atoms with E-state index in [4.69, 9.17) is 0 Å². The number of benzene rings is 4. The number of nitrogens with zero attached hydrogens (tertiary/aromatic N) is 14. The van der Waals surface area contributed by atoms with Gasteiger partial charge in [0.2, 0.25) is 11.6 Å². The predicted molar refractivity (Wildman–Crippen MR) is 227 cm³/mol. The van der Waals surface area contributed by atoms with Gasteiger partial charge in [0.05, 0.1) is 23.9 Å². The third kappa shape index (κ3) is 25.5. The van der Waals surface area contributed by atoms with Crippen molar-refractivity contribution in [1.82, 2.24) is 82.5 Å². The molecular formula is C32H50N16O20Tb2+8. The second-order valence-electron chi connectivity index (χ2n) is 10.3. The van der Waals surface area contributed by atoms with Crippen LogP contribution in [0.5, 0.6) is 0 Å². The number of carboxylic acid groups (broad SMARTS) is 4. The summed E-state index contributed by atoms with van der Waals surface area (Å²) >= 11 is 0. The smallest absolute Gasteiger partial charge is 0.545 e. The van der Waals surface area contributed by atoms with E-state index < -0.39 is 23.9 Å². The third-order valence-electron chi connectivity index (χ3n) is 6.75. The average Bonchev–Trinajstić information content (AvgIpc) is 4.08. The molecule has 0 aliphatic carbocycles. The molecule has 388 valence electrons. The fraction of sp³-hybridized carbons (Fsp3) is 0. The first-order valence-corrected chi connectivity index (χ1v) is 15.2. The van der Waals surface area contributed by atoms with Crippen LogP contribution in [-0.4, -0.2) is 118 Å². The summed E-state index contributed by atoms with van der Waals surface area (Å²) in [5, 5.41) is 96.0. The van der Waals surface area contributed by atoms with Crippen molar-refractivity contribution in [2.75, 3.05) is 0 Å². The maximum absolute atomic E-state index is 10.5. The Morgan fingerprint density at radius 2 is 0.657 bits per heavy atom. The first-order valence-electron chi connectivity index (χ1n) is 15.2. The van der Waals surface area contributed by atoms with E-state index in [1.54, 1.807) is 48.5 Å². The number of carboxylic acids is 4. The van der Waals surface area contributed by atoms with E-state index in [-0.39, 0.29) is 165 Å². The standard InChI is InChI=1S/4C8H6N4O2.12H2O.2Tb/c4*13-8(14)6-3-1-2-5(4-6)7-9-11-12-10-7;;;;;;;;;;;;;;/h2*1-4H,(H,13,14)(H,9,10,11,12);2*1-4H,(H2,9,10,11,12,13,14);12*1H2;;/q;;;;;;;;;;;;;;;;2*+3/p+2. The number of H-pyrrole nitrogens is 2. The van der Waals surface area contributed by atoms with Crippen LogP contribution in [0.3, 0.4) is 0 Å². The van der Waals surface area contributed by atoms with Gasteiger partial charge in [0.15, 0.2) is 0 Å². The summed E-state index contributed by atoms with van der Waals surface area (Å²) in [6.07, 6.45) is 0. The molecule has 34 N–H and O–H groups in total. The molecule has 0 amide bonds. The number of carbonyl (C=O) groups excluding carboxylic acids is 4. The maximum atomic E-state index is 10.5. The molecule has 0 aliphatic rings. The van der Waals surface area contributed by atoms with E-state index in [0.717, 1.165) is 0 Å². The monoisotopic (exact) mass is 1300 g/mol. The Hall–Kier alpha value is -6.87. The number of aromatic carboxylic acids is 4. The fourth-order valence-electron chi connectivity index (χ4n) is 4.23. The van der Waals surface area contributed by atoms with E-state index >= 15 is 0 Å². The van der Waals surface area contributed by atoms with Gasteiger partial charge >= 0.3 is 77.2 Å². The van der Waals surface area contributed by atoms with E-state index in [1.807, 2.05) is 0 Å². The summed E-state index contributed by atoms with van der Waals surface area (Å²) in [4.78, 5) is 42.2. The van der Waals surface area contributed by atoms with Crippen molar-refractivity contribution in [1.29, 1.82) is 0 Å². The van der Waals surface area contributed by atoms with Gasteiger partial charge in [-0.3, -0.25) is 20.6 Å². The molecule has 0 aliphatic heterocycles. The summed E-state index contributed by atoms with van der Waals surface area (Å²) in [6.45, 7) is 0. The SMILES string of the molecule is O.O.O.O.O=C([O-])c1cccc(-c2nn[nH]n2)c1.O=C([O-])c1cccc(-c2nn[nH]n2)c1.O=C([O-])c1cccc(-c2nnn[n-]2)c1.O=C([O-])c1cccc(-c2nnn[n-]2)c1.[OH3+].[OH3+].[OH3+].[OH3+].[OH3+].[OH3+].[OH3+].[OH3+].[Tb+3].[Tb+3]. The van der Waals surface area contributed by atoms with Crippen molar-refractivity contribution in [3.05, 3.63) is 119 Å². The molecule has 36 nitrogen and oxygen atoms in total. The zero-order valence-corrected chi connectivity index (χ0v) is 39.3. The fourth-order valence-corrected chi connectivity index (χ4v) is 4.23. The number of tetrazole rings is 4. The van der Waals surface area contributed by atoms with E-state index in [1.165, 1.54) is 48.5 Å². The molecule has 0 fully saturated rings. The van der Waals surface area contributed by atoms with E-state index in [0.29, 0.717) is 45.6 Å². The molecule has 0 atom stereocenters. The maximum Gasteiger partial charge on any atom is 3.00 e. The summed E-state index contributed by atoms with van der Waals surface area (Å²) in [7, 11) is 0. The van der Waals surface area contributed by atoms with Crippen molar-refractivity contribution >= 4 is 23.9 Å². The minimum atomic E-state index is -1.24. The van der Waals surface area contributed by atoms with Gasteiger partial charge in [0, 0.05) is 22.8 Å². The molecular weight excluding hydrogens is 1250 g/mol. The van der Waals surface area contributed by atoms with Crippen LogP contribution >= 0.6 is 0 Å². The number of hydrogen-bond acceptors (Lipinski definition) is 20. The third-order valence-corrected chi connectivity index (χ3v) is 6.75. The molecule has 0 unspecified atom stereocenters. The Kier molecular flexibility index (Phi) is 53.5. The van der Waals surface area contributed by atoms with E-state index in [9.17, 15) is 39.6 Å². The Bertz CT molecular complexity index is 2200. The quantitative estimate of drug-likeness (QED) is 0.133. The summed E-state index contributed by atoms with van der Waals surface area (Å²) in [6, 6.07) is 24.5. The van der Waals surface area contributed by atoms with Gasteiger partial charge < -0.3 is 116 Å². The minimum absolute atomic E-state index is 0. The normalized spacial score (nSPS) is 8.00. The van der Waals surface area contributed by atoms with Crippen LogP contribution in [0.15, 0.2) is 97.1 Å². The van der Waals surface area contributed by atoms with Crippen molar-refractivity contribution < 1.29 is 183 Å². The molecule has 4 aromatic heterocycles. The molecule has 70 heavy (non-hydrogen) atoms. The van der Waals surface area contributed by atoms with Crippen LogP contribution < -0.4 is 30.6 Å². The van der Waals surface area contributed by atoms with Gasteiger partial charge in [-0.15, -0.1) is 20.4 Å². The largest absolute Gasteiger partial charge is 3.00 e. The molecule has 8 aromatic rings. The predicted octanol–water partition coefficient (Wildman–Crippen LogP) is -14.5. The van der Waals surface area contributed by atoms with Crippen molar-refractivity contribution in [3.8, 4) is 45.6 Å². The van der Waals surface area contributed by atoms with Crippen LogP contribution in [-0.2, 0) is 43.8 Å². The number of hydrogen-bond donors (Lipinski definition) is 2. The first kappa shape index (κ1) is 86.3. The minimum Gasteiger partial charge on any atom is -0.545 e. The molecule has 0 bridgehead atoms. The van der Waals surface area contributed by atoms with Crippen LogP contribution in [0.25, 0.3) is 45.6 Å². The molecule has 0 saturated heterocycles. The summed E-state index contributed by atoms with van der Waals surface area (Å²) in [5.74, 6) is -3.62. The van der Waals surface area contributed by atoms with Gasteiger partial charge in [-0.05, 0) is 68.1 Å². The average molecular weight is 1300 g/mol. The number of carbonyl (C=O) groups is 4. The topological polar surface area (TPSA) is 765 Å². The Labute approximate surface area is 450 Å². The first-order chi connectivity index (χ1) is 27.1. The van der Waals surface area contributed by atoms with Gasteiger partial charge in [-0.1, -0.05) is 72.8 Å². The molecule has 8 rings (SSSR count). The Balaban J connectivity index is -0.0000000804. The van der Waals surface area contributed by atoms with Gasteiger partial charge in [0.1, 0.15) is 0 Å². The molecule has 0 radical (unpaired) electrons. The van der Waals surface area contributed by atoms with Crippen molar-refractivity contribution in [2.45, 2.75) is 0 Å². The Morgan fingerprint density at radius 1 is 0.400 bits per heavy atom. The number of aromatic amines is 2. The van der Waals surface area contributed by atoms with Crippen molar-refractivity contribution in [3.63, 3.8) is 0 Å². The van der Waals surface area contributed by atoms with Crippen LogP contribution in [0.1, 0.15) is 41.4 Å². The molecule has 0 saturated carbocycles. The van der Waals surface area contributed by atoms with Crippen LogP contribution in [0, 0.1) is 77.2 Å². The zero-order chi connectivity index (χ0) is 39.9. The number of nitrogens with one attached hydrogen (secondary N) is 2.